The molecule has 6 heteroatoms. The minimum atomic E-state index is -0.905. The summed E-state index contributed by atoms with van der Waals surface area (Å²) in [5, 5.41) is 12.0. The maximum atomic E-state index is 12.8. The highest BCUT2D eigenvalue weighted by Crippen LogP contribution is 2.38. The smallest absolute Gasteiger partial charge is 0.308 e. The molecule has 25 heavy (non-hydrogen) atoms. The van der Waals surface area contributed by atoms with Gasteiger partial charge in [0, 0.05) is 29.8 Å². The summed E-state index contributed by atoms with van der Waals surface area (Å²) in [6.07, 6.45) is 2.73. The Bertz CT molecular complexity index is 698. The molecule has 0 saturated heterocycles. The van der Waals surface area contributed by atoms with Crippen LogP contribution in [0.2, 0.25) is 0 Å². The lowest BCUT2D eigenvalue weighted by molar-refractivity contribution is -0.141. The average Bonchev–Trinajstić information content (AvgIpc) is 3.48. The standard InChI is InChI=1S/C19H24N2O4/c1-11-8-16(11)17(22)20-14-5-3-4-13(9-14)18(23)21(15-6-7-15)10-12(2)19(24)25/h3-5,9,11-12,15-16H,6-8,10H2,1-2H3,(H,20,22)(H,24,25). The van der Waals surface area contributed by atoms with E-state index in [1.54, 1.807) is 36.1 Å². The van der Waals surface area contributed by atoms with E-state index in [4.69, 9.17) is 5.11 Å². The Morgan fingerprint density at radius 3 is 2.56 bits per heavy atom. The minimum Gasteiger partial charge on any atom is -0.481 e. The number of hydrogen-bond acceptors (Lipinski definition) is 3. The van der Waals surface area contributed by atoms with E-state index in [1.807, 2.05) is 6.92 Å². The SMILES string of the molecule is CC(CN(C(=O)c1cccc(NC(=O)C2CC2C)c1)C1CC1)C(=O)O. The van der Waals surface area contributed by atoms with E-state index < -0.39 is 11.9 Å². The van der Waals surface area contributed by atoms with Crippen LogP contribution in [0.5, 0.6) is 0 Å². The van der Waals surface area contributed by atoms with Crippen molar-refractivity contribution >= 4 is 23.5 Å². The van der Waals surface area contributed by atoms with Gasteiger partial charge in [-0.1, -0.05) is 19.9 Å². The summed E-state index contributed by atoms with van der Waals surface area (Å²) in [5.41, 5.74) is 1.09. The molecular formula is C19H24N2O4. The molecule has 0 radical (unpaired) electrons. The number of nitrogens with one attached hydrogen (secondary N) is 1. The number of rotatable bonds is 7. The first kappa shape index (κ1) is 17.5. The monoisotopic (exact) mass is 344 g/mol. The Labute approximate surface area is 147 Å². The van der Waals surface area contributed by atoms with Crippen LogP contribution >= 0.6 is 0 Å². The number of nitrogens with zero attached hydrogens (tertiary/aromatic N) is 1. The summed E-state index contributed by atoms with van der Waals surface area (Å²) in [5.74, 6) is -1.20. The summed E-state index contributed by atoms with van der Waals surface area (Å²) < 4.78 is 0. The number of carbonyl (C=O) groups is 3. The van der Waals surface area contributed by atoms with Crippen LogP contribution in [0.4, 0.5) is 5.69 Å². The molecule has 3 unspecified atom stereocenters. The lowest BCUT2D eigenvalue weighted by Crippen LogP contribution is -2.38. The predicted octanol–water partition coefficient (Wildman–Crippen LogP) is 2.61. The van der Waals surface area contributed by atoms with Crippen molar-refractivity contribution in [2.75, 3.05) is 11.9 Å². The highest BCUT2D eigenvalue weighted by molar-refractivity contribution is 5.98. The predicted molar refractivity (Wildman–Crippen MR) is 93.2 cm³/mol. The fourth-order valence-electron chi connectivity index (χ4n) is 2.98. The van der Waals surface area contributed by atoms with Crippen LogP contribution < -0.4 is 5.32 Å². The number of hydrogen-bond donors (Lipinski definition) is 2. The number of carbonyl (C=O) groups excluding carboxylic acids is 2. The van der Waals surface area contributed by atoms with Gasteiger partial charge in [0.25, 0.3) is 5.91 Å². The highest BCUT2D eigenvalue weighted by atomic mass is 16.4. The maximum absolute atomic E-state index is 12.8. The zero-order valence-electron chi connectivity index (χ0n) is 14.6. The molecule has 134 valence electrons. The summed E-state index contributed by atoms with van der Waals surface area (Å²) in [7, 11) is 0. The van der Waals surface area contributed by atoms with E-state index >= 15 is 0 Å². The normalized spacial score (nSPS) is 22.8. The van der Waals surface area contributed by atoms with E-state index in [0.717, 1.165) is 19.3 Å². The molecule has 2 fully saturated rings. The molecular weight excluding hydrogens is 320 g/mol. The third-order valence-electron chi connectivity index (χ3n) is 4.96. The summed E-state index contributed by atoms with van der Waals surface area (Å²) >= 11 is 0. The summed E-state index contributed by atoms with van der Waals surface area (Å²) in [4.78, 5) is 37.7. The number of anilines is 1. The fourth-order valence-corrected chi connectivity index (χ4v) is 2.98. The van der Waals surface area contributed by atoms with Gasteiger partial charge in [0.2, 0.25) is 5.91 Å². The number of carboxylic acids is 1. The Balaban J connectivity index is 1.70. The molecule has 6 nitrogen and oxygen atoms in total. The van der Waals surface area contributed by atoms with Crippen molar-refractivity contribution in [3.8, 4) is 0 Å². The van der Waals surface area contributed by atoms with E-state index in [1.165, 1.54) is 0 Å². The Kier molecular flexibility index (Phi) is 4.79. The lowest BCUT2D eigenvalue weighted by atomic mass is 10.1. The summed E-state index contributed by atoms with van der Waals surface area (Å²) in [6, 6.07) is 7.01. The first-order valence-corrected chi connectivity index (χ1v) is 8.81. The molecule has 0 aliphatic heterocycles. The molecule has 0 aromatic heterocycles. The van der Waals surface area contributed by atoms with Gasteiger partial charge < -0.3 is 15.3 Å². The van der Waals surface area contributed by atoms with Crippen molar-refractivity contribution in [2.45, 2.75) is 39.2 Å². The van der Waals surface area contributed by atoms with Crippen LogP contribution in [0.3, 0.4) is 0 Å². The van der Waals surface area contributed by atoms with Crippen LogP contribution in [0.1, 0.15) is 43.5 Å². The van der Waals surface area contributed by atoms with Crippen molar-refractivity contribution in [1.82, 2.24) is 4.90 Å². The topological polar surface area (TPSA) is 86.7 Å². The van der Waals surface area contributed by atoms with Crippen LogP contribution in [-0.4, -0.2) is 40.4 Å². The van der Waals surface area contributed by atoms with Gasteiger partial charge in [-0.05, 0) is 43.4 Å². The number of aliphatic carboxylic acids is 1. The second-order valence-corrected chi connectivity index (χ2v) is 7.32. The van der Waals surface area contributed by atoms with E-state index in [9.17, 15) is 14.4 Å². The molecule has 3 atom stereocenters. The van der Waals surface area contributed by atoms with Crippen molar-refractivity contribution < 1.29 is 19.5 Å². The second kappa shape index (κ2) is 6.86. The first-order chi connectivity index (χ1) is 11.9. The highest BCUT2D eigenvalue weighted by Gasteiger charge is 2.39. The van der Waals surface area contributed by atoms with Crippen LogP contribution in [0.25, 0.3) is 0 Å². The van der Waals surface area contributed by atoms with Crippen molar-refractivity contribution in [1.29, 1.82) is 0 Å². The van der Waals surface area contributed by atoms with Crippen LogP contribution in [-0.2, 0) is 9.59 Å². The molecule has 2 N–H and O–H groups in total. The van der Waals surface area contributed by atoms with Gasteiger partial charge in [0.15, 0.2) is 0 Å². The number of benzene rings is 1. The van der Waals surface area contributed by atoms with Gasteiger partial charge in [-0.3, -0.25) is 14.4 Å². The minimum absolute atomic E-state index is 0.00403. The quantitative estimate of drug-likeness (QED) is 0.796. The van der Waals surface area contributed by atoms with Crippen LogP contribution in [0, 0.1) is 17.8 Å². The molecule has 2 saturated carbocycles. The maximum Gasteiger partial charge on any atom is 0.308 e. The Hall–Kier alpha value is -2.37. The van der Waals surface area contributed by atoms with Crippen molar-refractivity contribution in [3.05, 3.63) is 29.8 Å². The first-order valence-electron chi connectivity index (χ1n) is 8.81. The average molecular weight is 344 g/mol. The molecule has 2 amide bonds. The molecule has 1 aromatic carbocycles. The molecule has 2 aliphatic rings. The zero-order valence-corrected chi connectivity index (χ0v) is 14.6. The molecule has 0 spiro atoms. The molecule has 2 aliphatic carbocycles. The van der Waals surface area contributed by atoms with Gasteiger partial charge in [0.05, 0.1) is 5.92 Å². The second-order valence-electron chi connectivity index (χ2n) is 7.32. The molecule has 1 aromatic rings. The third-order valence-corrected chi connectivity index (χ3v) is 4.96. The van der Waals surface area contributed by atoms with Gasteiger partial charge in [-0.15, -0.1) is 0 Å². The van der Waals surface area contributed by atoms with E-state index in [-0.39, 0.29) is 30.3 Å². The van der Waals surface area contributed by atoms with Crippen molar-refractivity contribution in [3.63, 3.8) is 0 Å². The molecule has 0 heterocycles. The van der Waals surface area contributed by atoms with Crippen molar-refractivity contribution in [2.24, 2.45) is 17.8 Å². The molecule has 0 bridgehead atoms. The van der Waals surface area contributed by atoms with Gasteiger partial charge in [-0.2, -0.15) is 0 Å². The van der Waals surface area contributed by atoms with Gasteiger partial charge in [0.1, 0.15) is 0 Å². The van der Waals surface area contributed by atoms with E-state index in [2.05, 4.69) is 5.32 Å². The Morgan fingerprint density at radius 1 is 1.32 bits per heavy atom. The fraction of sp³-hybridized carbons (Fsp3) is 0.526. The largest absolute Gasteiger partial charge is 0.481 e. The number of amides is 2. The zero-order chi connectivity index (χ0) is 18.1. The summed E-state index contributed by atoms with van der Waals surface area (Å²) in [6.45, 7) is 3.86. The Morgan fingerprint density at radius 2 is 2.00 bits per heavy atom. The van der Waals surface area contributed by atoms with Gasteiger partial charge in [-0.25, -0.2) is 0 Å². The van der Waals surface area contributed by atoms with Crippen LogP contribution in [0.15, 0.2) is 24.3 Å². The van der Waals surface area contributed by atoms with E-state index in [0.29, 0.717) is 17.2 Å². The molecule has 3 rings (SSSR count). The number of carboxylic acid groups (broad SMARTS) is 1. The van der Waals surface area contributed by atoms with Gasteiger partial charge >= 0.3 is 5.97 Å². The lowest BCUT2D eigenvalue weighted by Gasteiger charge is -2.24. The third kappa shape index (κ3) is 4.18.